The number of rotatable bonds is 13. The predicted octanol–water partition coefficient (Wildman–Crippen LogP) is 6.98. The number of amidine groups is 1. The molecule has 42 heavy (non-hydrogen) atoms. The van der Waals surface area contributed by atoms with Crippen LogP contribution in [0.25, 0.3) is 0 Å². The Balaban J connectivity index is 2.26. The topological polar surface area (TPSA) is 104 Å². The van der Waals surface area contributed by atoms with E-state index >= 15 is 8.78 Å². The number of allylic oxidation sites excluding steroid dienone is 4. The van der Waals surface area contributed by atoms with Crippen LogP contribution in [0.2, 0.25) is 0 Å². The molecule has 0 spiro atoms. The van der Waals surface area contributed by atoms with Gasteiger partial charge >= 0.3 is 0 Å². The van der Waals surface area contributed by atoms with Crippen molar-refractivity contribution >= 4 is 34.8 Å². The van der Waals surface area contributed by atoms with E-state index in [0.717, 1.165) is 53.0 Å². The van der Waals surface area contributed by atoms with Gasteiger partial charge in [0, 0.05) is 53.9 Å². The number of nitrogens with zero attached hydrogens (tertiary/aromatic N) is 4. The largest absolute Gasteiger partial charge is 0.404 e. The molecule has 1 heterocycles. The molecule has 11 heteroatoms. The number of hydrogen-bond donors (Lipinski definition) is 3. The van der Waals surface area contributed by atoms with E-state index in [-0.39, 0.29) is 11.6 Å². The van der Waals surface area contributed by atoms with E-state index in [9.17, 15) is 0 Å². The zero-order chi connectivity index (χ0) is 31.0. The molecule has 2 aromatic rings. The third-order valence-corrected chi connectivity index (χ3v) is 7.92. The molecule has 0 unspecified atom stereocenters. The normalized spacial score (nSPS) is 15.9. The van der Waals surface area contributed by atoms with E-state index in [2.05, 4.69) is 29.4 Å². The molecule has 1 saturated carbocycles. The van der Waals surface area contributed by atoms with Gasteiger partial charge in [0.15, 0.2) is 17.5 Å². The Morgan fingerprint density at radius 1 is 1.24 bits per heavy atom. The van der Waals surface area contributed by atoms with Gasteiger partial charge in [-0.25, -0.2) is 13.8 Å². The van der Waals surface area contributed by atoms with Crippen LogP contribution < -0.4 is 16.0 Å². The van der Waals surface area contributed by atoms with Crippen molar-refractivity contribution in [3.05, 3.63) is 69.8 Å². The Morgan fingerprint density at radius 3 is 2.40 bits per heavy atom. The summed E-state index contributed by atoms with van der Waals surface area (Å²) < 4.78 is 35.4. The van der Waals surface area contributed by atoms with Crippen LogP contribution in [0.15, 0.2) is 67.4 Å². The molecule has 0 radical (unpaired) electrons. The van der Waals surface area contributed by atoms with Crippen molar-refractivity contribution in [2.75, 3.05) is 43.8 Å². The van der Waals surface area contributed by atoms with Gasteiger partial charge in [-0.05, 0) is 76.8 Å². The van der Waals surface area contributed by atoms with E-state index in [4.69, 9.17) is 20.5 Å². The van der Waals surface area contributed by atoms with Gasteiger partial charge in [0.25, 0.3) is 0 Å². The van der Waals surface area contributed by atoms with Crippen LogP contribution in [-0.4, -0.2) is 55.3 Å². The van der Waals surface area contributed by atoms with Gasteiger partial charge in [0.2, 0.25) is 0 Å². The summed E-state index contributed by atoms with van der Waals surface area (Å²) in [5.74, 6) is 0.426. The Bertz CT molecular complexity index is 1400. The lowest BCUT2D eigenvalue weighted by Crippen LogP contribution is -2.26. The molecule has 0 amide bonds. The van der Waals surface area contributed by atoms with Gasteiger partial charge in [-0.1, -0.05) is 12.5 Å². The maximum atomic E-state index is 15.1. The van der Waals surface area contributed by atoms with Crippen LogP contribution in [0.5, 0.6) is 0 Å². The number of halogens is 2. The first-order chi connectivity index (χ1) is 20.1. The smallest absolute Gasteiger partial charge is 0.153 e. The highest BCUT2D eigenvalue weighted by Gasteiger charge is 2.34. The number of aliphatic imine (C=N–C) groups is 2. The maximum Gasteiger partial charge on any atom is 0.153 e. The average molecular weight is 600 g/mol. The third-order valence-electron chi connectivity index (χ3n) is 7.21. The molecule has 1 aromatic heterocycles. The van der Waals surface area contributed by atoms with Gasteiger partial charge in [0.05, 0.1) is 13.2 Å². The number of benzene rings is 1. The fraction of sp³-hybridized carbons (Fsp3) is 0.452. The quantitative estimate of drug-likeness (QED) is 0.0754. The molecular formula is C31H43F2N7OS. The number of hydrogen-bond acceptors (Lipinski definition) is 7. The van der Waals surface area contributed by atoms with Crippen molar-refractivity contribution in [2.45, 2.75) is 58.8 Å². The SMILES string of the molecule is CC/C(C)=C(C(=C\N)\C(C)=NCCOC)/C(=C(\N=C(/C)N(C)c1c(F)cc(SC)cc1F)Nc1cc(C)[nH]n1)C1CC1. The van der Waals surface area contributed by atoms with Crippen molar-refractivity contribution in [1.29, 1.82) is 0 Å². The molecule has 1 fully saturated rings. The highest BCUT2D eigenvalue weighted by Crippen LogP contribution is 2.45. The van der Waals surface area contributed by atoms with Crippen molar-refractivity contribution in [1.82, 2.24) is 10.2 Å². The minimum absolute atomic E-state index is 0.166. The van der Waals surface area contributed by atoms with Gasteiger partial charge in [-0.15, -0.1) is 11.8 Å². The number of H-pyrrole nitrogens is 1. The molecule has 0 bridgehead atoms. The first-order valence-electron chi connectivity index (χ1n) is 14.0. The number of aromatic amines is 1. The molecule has 0 aliphatic heterocycles. The van der Waals surface area contributed by atoms with E-state index in [1.54, 1.807) is 33.5 Å². The van der Waals surface area contributed by atoms with Gasteiger partial charge in [-0.3, -0.25) is 10.1 Å². The highest BCUT2D eigenvalue weighted by atomic mass is 32.2. The van der Waals surface area contributed by atoms with Gasteiger partial charge in [0.1, 0.15) is 17.3 Å². The standard InChI is InChI=1S/C31H43F2N7OS/c1-9-18(2)28(24(17-34)20(4)35-12-13-41-7)29(22-10-11-22)31(37-27-14-19(3)38-39-27)36-21(5)40(6)30-25(32)15-23(42-8)16-26(30)33/h14-17,22H,9-13,34H2,1-8H3,(H2,37,38,39)/b24-17+,28-18+,31-29+,35-20?,36-21+. The Hall–Kier alpha value is -3.44. The summed E-state index contributed by atoms with van der Waals surface area (Å²) in [6, 6.07) is 4.55. The lowest BCUT2D eigenvalue weighted by molar-refractivity contribution is 0.208. The van der Waals surface area contributed by atoms with Crippen LogP contribution in [0, 0.1) is 24.5 Å². The van der Waals surface area contributed by atoms with Crippen molar-refractivity contribution in [3.63, 3.8) is 0 Å². The van der Waals surface area contributed by atoms with E-state index in [1.165, 1.54) is 28.8 Å². The molecule has 228 valence electrons. The Labute approximate surface area is 252 Å². The molecule has 1 aliphatic rings. The van der Waals surface area contributed by atoms with Crippen molar-refractivity contribution in [2.24, 2.45) is 21.6 Å². The first-order valence-corrected chi connectivity index (χ1v) is 15.3. The van der Waals surface area contributed by atoms with Crippen molar-refractivity contribution < 1.29 is 13.5 Å². The molecule has 3 rings (SSSR count). The molecular weight excluding hydrogens is 556 g/mol. The second kappa shape index (κ2) is 15.2. The van der Waals surface area contributed by atoms with Crippen molar-refractivity contribution in [3.8, 4) is 0 Å². The second-order valence-electron chi connectivity index (χ2n) is 10.3. The lowest BCUT2D eigenvalue weighted by atomic mass is 9.87. The predicted molar refractivity (Wildman–Crippen MR) is 171 cm³/mol. The summed E-state index contributed by atoms with van der Waals surface area (Å²) in [5, 5.41) is 10.7. The zero-order valence-corrected chi connectivity index (χ0v) is 26.7. The summed E-state index contributed by atoms with van der Waals surface area (Å²) in [7, 11) is 3.25. The van der Waals surface area contributed by atoms with Gasteiger partial charge < -0.3 is 20.7 Å². The molecule has 4 N–H and O–H groups in total. The molecule has 0 saturated heterocycles. The van der Waals surface area contributed by atoms with Crippen LogP contribution >= 0.6 is 11.8 Å². The number of thioether (sulfide) groups is 1. The number of ether oxygens (including phenoxy) is 1. The lowest BCUT2D eigenvalue weighted by Gasteiger charge is -2.24. The average Bonchev–Trinajstić information content (AvgIpc) is 3.71. The fourth-order valence-corrected chi connectivity index (χ4v) is 5.02. The Morgan fingerprint density at radius 2 is 1.90 bits per heavy atom. The molecule has 0 atom stereocenters. The second-order valence-corrected chi connectivity index (χ2v) is 11.2. The number of nitrogens with two attached hydrogens (primary N) is 1. The summed E-state index contributed by atoms with van der Waals surface area (Å²) in [5.41, 5.74) is 11.7. The summed E-state index contributed by atoms with van der Waals surface area (Å²) >= 11 is 1.28. The van der Waals surface area contributed by atoms with E-state index < -0.39 is 11.6 Å². The zero-order valence-electron chi connectivity index (χ0n) is 25.9. The maximum absolute atomic E-state index is 15.1. The number of aryl methyl sites for hydroxylation is 1. The van der Waals surface area contributed by atoms with Gasteiger partial charge in [-0.2, -0.15) is 5.10 Å². The Kier molecular flexibility index (Phi) is 11.9. The summed E-state index contributed by atoms with van der Waals surface area (Å²) in [4.78, 5) is 11.6. The third kappa shape index (κ3) is 8.10. The first kappa shape index (κ1) is 33.1. The van der Waals surface area contributed by atoms with E-state index in [1.807, 2.05) is 19.9 Å². The summed E-state index contributed by atoms with van der Waals surface area (Å²) in [6.07, 6.45) is 6.11. The van der Waals surface area contributed by atoms with Crippen LogP contribution in [0.3, 0.4) is 0 Å². The molecule has 1 aliphatic carbocycles. The molecule has 1 aromatic carbocycles. The van der Waals surface area contributed by atoms with E-state index in [0.29, 0.717) is 35.5 Å². The van der Waals surface area contributed by atoms with Crippen LogP contribution in [0.1, 0.15) is 52.7 Å². The number of methoxy groups -OCH3 is 1. The minimum Gasteiger partial charge on any atom is -0.404 e. The molecule has 8 nitrogen and oxygen atoms in total. The monoisotopic (exact) mass is 599 g/mol. The van der Waals surface area contributed by atoms with Crippen LogP contribution in [0.4, 0.5) is 20.3 Å². The number of aromatic nitrogens is 2. The fourth-order valence-electron chi connectivity index (χ4n) is 4.58. The number of nitrogens with one attached hydrogen (secondary N) is 2. The van der Waals surface area contributed by atoms with Crippen LogP contribution in [-0.2, 0) is 4.74 Å². The highest BCUT2D eigenvalue weighted by molar-refractivity contribution is 7.98. The minimum atomic E-state index is -0.654. The summed E-state index contributed by atoms with van der Waals surface area (Å²) in [6.45, 7) is 10.8. The number of anilines is 2.